The summed E-state index contributed by atoms with van der Waals surface area (Å²) in [5, 5.41) is 0. The molecule has 1 aromatic heterocycles. The number of rotatable bonds is 2. The number of alkyl halides is 3. The van der Waals surface area contributed by atoms with Crippen LogP contribution in [0.3, 0.4) is 0 Å². The summed E-state index contributed by atoms with van der Waals surface area (Å²) in [5.74, 6) is 0.280. The van der Waals surface area contributed by atoms with Crippen LogP contribution in [0, 0.1) is 0 Å². The number of hydrogen-bond donors (Lipinski definition) is 0. The smallest absolute Gasteiger partial charge is 0.433 e. The normalized spacial score (nSPS) is 16.5. The SMILES string of the molecule is COc1cc(C(F)(F)F)nc(C2CC2)n1. The highest BCUT2D eigenvalue weighted by atomic mass is 19.4. The molecule has 0 amide bonds. The van der Waals surface area contributed by atoms with Crippen molar-refractivity contribution in [2.45, 2.75) is 24.9 Å². The molecule has 6 heteroatoms. The van der Waals surface area contributed by atoms with E-state index in [1.54, 1.807) is 0 Å². The van der Waals surface area contributed by atoms with Gasteiger partial charge in [-0.05, 0) is 12.8 Å². The molecule has 1 fully saturated rings. The van der Waals surface area contributed by atoms with Crippen LogP contribution in [0.1, 0.15) is 30.3 Å². The zero-order chi connectivity index (χ0) is 11.1. The van der Waals surface area contributed by atoms with E-state index in [1.807, 2.05) is 0 Å². The van der Waals surface area contributed by atoms with Gasteiger partial charge in [-0.15, -0.1) is 0 Å². The molecule has 1 heterocycles. The Kier molecular flexibility index (Phi) is 2.28. The van der Waals surface area contributed by atoms with Crippen LogP contribution in [0.5, 0.6) is 5.88 Å². The zero-order valence-corrected chi connectivity index (χ0v) is 8.01. The fourth-order valence-electron chi connectivity index (χ4n) is 1.22. The highest BCUT2D eigenvalue weighted by molar-refractivity contribution is 5.21. The maximum atomic E-state index is 12.4. The van der Waals surface area contributed by atoms with Crippen molar-refractivity contribution in [2.75, 3.05) is 7.11 Å². The highest BCUT2D eigenvalue weighted by Gasteiger charge is 2.36. The Balaban J connectivity index is 2.41. The molecule has 1 aliphatic carbocycles. The molecule has 3 nitrogen and oxygen atoms in total. The molecule has 2 rings (SSSR count). The number of hydrogen-bond acceptors (Lipinski definition) is 3. The van der Waals surface area contributed by atoms with Crippen LogP contribution < -0.4 is 4.74 Å². The van der Waals surface area contributed by atoms with E-state index in [1.165, 1.54) is 7.11 Å². The minimum atomic E-state index is -4.44. The summed E-state index contributed by atoms with van der Waals surface area (Å²) in [7, 11) is 1.29. The highest BCUT2D eigenvalue weighted by Crippen LogP contribution is 2.40. The molecule has 0 aliphatic heterocycles. The second-order valence-corrected chi connectivity index (χ2v) is 3.43. The zero-order valence-electron chi connectivity index (χ0n) is 8.01. The van der Waals surface area contributed by atoms with Gasteiger partial charge in [-0.25, -0.2) is 4.98 Å². The maximum Gasteiger partial charge on any atom is 0.433 e. The minimum absolute atomic E-state index is 0.0285. The summed E-state index contributed by atoms with van der Waals surface area (Å²) < 4.78 is 42.0. The first-order chi connectivity index (χ1) is 7.00. The van der Waals surface area contributed by atoms with E-state index in [0.717, 1.165) is 18.9 Å². The third-order valence-corrected chi connectivity index (χ3v) is 2.16. The van der Waals surface area contributed by atoms with Crippen molar-refractivity contribution in [3.8, 4) is 5.88 Å². The standard InChI is InChI=1S/C9H9F3N2O/c1-15-7-4-6(9(10,11)12)13-8(14-7)5-2-3-5/h4-5H,2-3H2,1H3. The molecule has 0 unspecified atom stereocenters. The molecular formula is C9H9F3N2O. The van der Waals surface area contributed by atoms with E-state index in [0.29, 0.717) is 0 Å². The van der Waals surface area contributed by atoms with Crippen LogP contribution in [0.15, 0.2) is 6.07 Å². The Hall–Kier alpha value is -1.33. The van der Waals surface area contributed by atoms with E-state index in [9.17, 15) is 13.2 Å². The summed E-state index contributed by atoms with van der Waals surface area (Å²) >= 11 is 0. The minimum Gasteiger partial charge on any atom is -0.481 e. The molecule has 0 N–H and O–H groups in total. The molecule has 0 bridgehead atoms. The summed E-state index contributed by atoms with van der Waals surface area (Å²) in [6.07, 6.45) is -2.74. The van der Waals surface area contributed by atoms with Gasteiger partial charge in [0.05, 0.1) is 7.11 Å². The fraction of sp³-hybridized carbons (Fsp3) is 0.556. The fourth-order valence-corrected chi connectivity index (χ4v) is 1.22. The quantitative estimate of drug-likeness (QED) is 0.764. The average Bonchev–Trinajstić information content (AvgIpc) is 2.99. The van der Waals surface area contributed by atoms with Crippen LogP contribution in [0.25, 0.3) is 0 Å². The number of methoxy groups -OCH3 is 1. The van der Waals surface area contributed by atoms with Crippen molar-refractivity contribution < 1.29 is 17.9 Å². The van der Waals surface area contributed by atoms with Gasteiger partial charge in [0.1, 0.15) is 5.82 Å². The van der Waals surface area contributed by atoms with Gasteiger partial charge in [0.2, 0.25) is 5.88 Å². The number of nitrogens with zero attached hydrogens (tertiary/aromatic N) is 2. The number of halogens is 3. The second kappa shape index (κ2) is 3.36. The summed E-state index contributed by atoms with van der Waals surface area (Å²) in [4.78, 5) is 7.39. The van der Waals surface area contributed by atoms with Gasteiger partial charge in [0.15, 0.2) is 5.69 Å². The lowest BCUT2D eigenvalue weighted by Crippen LogP contribution is -2.11. The summed E-state index contributed by atoms with van der Waals surface area (Å²) in [5.41, 5.74) is -0.934. The van der Waals surface area contributed by atoms with Gasteiger partial charge in [-0.2, -0.15) is 18.2 Å². The third kappa shape index (κ3) is 2.19. The van der Waals surface area contributed by atoms with E-state index in [4.69, 9.17) is 4.74 Å². The average molecular weight is 218 g/mol. The van der Waals surface area contributed by atoms with Crippen LogP contribution in [0.2, 0.25) is 0 Å². The van der Waals surface area contributed by atoms with Crippen LogP contribution in [-0.4, -0.2) is 17.1 Å². The second-order valence-electron chi connectivity index (χ2n) is 3.43. The monoisotopic (exact) mass is 218 g/mol. The van der Waals surface area contributed by atoms with E-state index in [2.05, 4.69) is 9.97 Å². The van der Waals surface area contributed by atoms with E-state index in [-0.39, 0.29) is 17.6 Å². The third-order valence-electron chi connectivity index (χ3n) is 2.16. The van der Waals surface area contributed by atoms with Gasteiger partial charge >= 0.3 is 6.18 Å². The molecule has 0 aromatic carbocycles. The molecule has 0 radical (unpaired) electrons. The van der Waals surface area contributed by atoms with Crippen LogP contribution in [-0.2, 0) is 6.18 Å². The van der Waals surface area contributed by atoms with Crippen molar-refractivity contribution in [2.24, 2.45) is 0 Å². The van der Waals surface area contributed by atoms with Crippen LogP contribution in [0.4, 0.5) is 13.2 Å². The lowest BCUT2D eigenvalue weighted by molar-refractivity contribution is -0.141. The topological polar surface area (TPSA) is 35.0 Å². The van der Waals surface area contributed by atoms with Crippen molar-refractivity contribution in [1.29, 1.82) is 0 Å². The van der Waals surface area contributed by atoms with Crippen LogP contribution >= 0.6 is 0 Å². The van der Waals surface area contributed by atoms with Crippen molar-refractivity contribution in [3.63, 3.8) is 0 Å². The van der Waals surface area contributed by atoms with Gasteiger partial charge < -0.3 is 4.74 Å². The first-order valence-electron chi connectivity index (χ1n) is 4.51. The molecular weight excluding hydrogens is 209 g/mol. The molecule has 0 saturated heterocycles. The lowest BCUT2D eigenvalue weighted by Gasteiger charge is -2.08. The first-order valence-corrected chi connectivity index (χ1v) is 4.51. The van der Waals surface area contributed by atoms with E-state index < -0.39 is 11.9 Å². The number of ether oxygens (including phenoxy) is 1. The molecule has 1 aliphatic rings. The predicted molar refractivity (Wildman–Crippen MR) is 45.6 cm³/mol. The Morgan fingerprint density at radius 1 is 1.33 bits per heavy atom. The van der Waals surface area contributed by atoms with Crippen molar-refractivity contribution >= 4 is 0 Å². The Morgan fingerprint density at radius 2 is 2.00 bits per heavy atom. The van der Waals surface area contributed by atoms with Gasteiger partial charge in [0, 0.05) is 12.0 Å². The summed E-state index contributed by atoms with van der Waals surface area (Å²) in [6.45, 7) is 0. The first kappa shape index (κ1) is 10.2. The largest absolute Gasteiger partial charge is 0.481 e. The van der Waals surface area contributed by atoms with Gasteiger partial charge in [-0.1, -0.05) is 0 Å². The van der Waals surface area contributed by atoms with Gasteiger partial charge in [0.25, 0.3) is 0 Å². The summed E-state index contributed by atoms with van der Waals surface area (Å²) in [6, 6.07) is 0.811. The van der Waals surface area contributed by atoms with Crippen molar-refractivity contribution in [1.82, 2.24) is 9.97 Å². The molecule has 15 heavy (non-hydrogen) atoms. The predicted octanol–water partition coefficient (Wildman–Crippen LogP) is 2.38. The molecule has 1 aromatic rings. The molecule has 1 saturated carbocycles. The van der Waals surface area contributed by atoms with Gasteiger partial charge in [-0.3, -0.25) is 0 Å². The lowest BCUT2D eigenvalue weighted by atomic mass is 10.3. The Labute approximate surface area is 84.3 Å². The number of aromatic nitrogens is 2. The molecule has 0 spiro atoms. The Morgan fingerprint density at radius 3 is 2.47 bits per heavy atom. The molecule has 0 atom stereocenters. The molecule has 82 valence electrons. The van der Waals surface area contributed by atoms with E-state index >= 15 is 0 Å². The Bertz CT molecular complexity index is 374. The van der Waals surface area contributed by atoms with Crippen molar-refractivity contribution in [3.05, 3.63) is 17.6 Å². The maximum absolute atomic E-state index is 12.4.